The molecule has 0 spiro atoms. The lowest BCUT2D eigenvalue weighted by molar-refractivity contribution is 0.458. The van der Waals surface area contributed by atoms with Crippen LogP contribution in [-0.4, -0.2) is 28.2 Å². The van der Waals surface area contributed by atoms with Crippen LogP contribution in [0.1, 0.15) is 31.0 Å². The zero-order valence-corrected chi connectivity index (χ0v) is 9.19. The normalized spacial score (nSPS) is 25.9. The molecular weight excluding hydrogens is 235 g/mol. The maximum atomic E-state index is 12.6. The number of aromatic nitrogens is 2. The van der Waals surface area contributed by atoms with Crippen LogP contribution < -0.4 is 0 Å². The van der Waals surface area contributed by atoms with Gasteiger partial charge in [-0.2, -0.15) is 8.42 Å². The van der Waals surface area contributed by atoms with Crippen molar-refractivity contribution in [2.45, 2.75) is 30.4 Å². The summed E-state index contributed by atoms with van der Waals surface area (Å²) in [6.45, 7) is 0. The van der Waals surface area contributed by atoms with Gasteiger partial charge in [0.2, 0.25) is 0 Å². The first-order valence-corrected chi connectivity index (χ1v) is 6.42. The maximum Gasteiger partial charge on any atom is 0.268 e. The number of hydrogen-bond donors (Lipinski definition) is 1. The highest BCUT2D eigenvalue weighted by molar-refractivity contribution is 7.86. The fourth-order valence-electron chi connectivity index (χ4n) is 2.09. The predicted octanol–water partition coefficient (Wildman–Crippen LogP) is 1.14. The van der Waals surface area contributed by atoms with Crippen LogP contribution in [0.2, 0.25) is 0 Å². The second-order valence-electron chi connectivity index (χ2n) is 3.85. The number of hydrogen-bond acceptors (Lipinski definition) is 4. The van der Waals surface area contributed by atoms with Gasteiger partial charge in [-0.15, -0.1) is 0 Å². The third-order valence-electron chi connectivity index (χ3n) is 2.81. The van der Waals surface area contributed by atoms with Crippen molar-refractivity contribution in [2.75, 3.05) is 0 Å². The number of halogens is 1. The first-order chi connectivity index (χ1) is 7.48. The van der Waals surface area contributed by atoms with Crippen LogP contribution in [0.5, 0.6) is 0 Å². The SMILES string of the molecule is O=S(=O)(O)[C@H]1CCC[C@H]1c1ncc(F)cn1. The smallest absolute Gasteiger partial charge is 0.268 e. The average molecular weight is 246 g/mol. The van der Waals surface area contributed by atoms with Crippen molar-refractivity contribution in [2.24, 2.45) is 0 Å². The molecule has 5 nitrogen and oxygen atoms in total. The highest BCUT2D eigenvalue weighted by Crippen LogP contribution is 2.36. The van der Waals surface area contributed by atoms with Gasteiger partial charge < -0.3 is 0 Å². The number of rotatable bonds is 2. The average Bonchev–Trinajstić information content (AvgIpc) is 2.66. The first-order valence-electron chi connectivity index (χ1n) is 4.92. The van der Waals surface area contributed by atoms with Crippen molar-refractivity contribution in [1.29, 1.82) is 0 Å². The second-order valence-corrected chi connectivity index (χ2v) is 5.49. The monoisotopic (exact) mass is 246 g/mol. The Morgan fingerprint density at radius 2 is 1.94 bits per heavy atom. The summed E-state index contributed by atoms with van der Waals surface area (Å²) in [5.41, 5.74) is 0. The molecule has 1 aromatic heterocycles. The largest absolute Gasteiger partial charge is 0.285 e. The fourth-order valence-corrected chi connectivity index (χ4v) is 3.23. The minimum absolute atomic E-state index is 0.279. The molecule has 0 aliphatic heterocycles. The van der Waals surface area contributed by atoms with Crippen molar-refractivity contribution in [3.8, 4) is 0 Å². The Balaban J connectivity index is 2.30. The van der Waals surface area contributed by atoms with Crippen LogP contribution in [-0.2, 0) is 10.1 Å². The molecule has 0 aromatic carbocycles. The molecule has 1 fully saturated rings. The lowest BCUT2D eigenvalue weighted by Crippen LogP contribution is -2.24. The minimum atomic E-state index is -4.08. The fraction of sp³-hybridized carbons (Fsp3) is 0.556. The second kappa shape index (κ2) is 4.06. The molecule has 0 bridgehead atoms. The van der Waals surface area contributed by atoms with Gasteiger partial charge in [-0.3, -0.25) is 4.55 Å². The molecule has 2 rings (SSSR count). The molecule has 0 unspecified atom stereocenters. The molecule has 88 valence electrons. The lowest BCUT2D eigenvalue weighted by Gasteiger charge is -2.14. The van der Waals surface area contributed by atoms with Crippen LogP contribution in [0, 0.1) is 5.82 Å². The van der Waals surface area contributed by atoms with E-state index in [4.69, 9.17) is 4.55 Å². The highest BCUT2D eigenvalue weighted by Gasteiger charge is 2.38. The zero-order chi connectivity index (χ0) is 11.8. The van der Waals surface area contributed by atoms with Gasteiger partial charge in [0.1, 0.15) is 5.82 Å². The van der Waals surface area contributed by atoms with E-state index < -0.39 is 27.1 Å². The van der Waals surface area contributed by atoms with E-state index in [2.05, 4.69) is 9.97 Å². The van der Waals surface area contributed by atoms with E-state index in [0.717, 1.165) is 12.4 Å². The molecule has 0 amide bonds. The minimum Gasteiger partial charge on any atom is -0.285 e. The van der Waals surface area contributed by atoms with E-state index in [1.807, 2.05) is 0 Å². The van der Waals surface area contributed by atoms with E-state index in [-0.39, 0.29) is 5.82 Å². The Labute approximate surface area is 92.5 Å². The van der Waals surface area contributed by atoms with Crippen molar-refractivity contribution in [1.82, 2.24) is 9.97 Å². The molecule has 1 N–H and O–H groups in total. The molecule has 1 heterocycles. The molecule has 1 saturated carbocycles. The third-order valence-corrected chi connectivity index (χ3v) is 4.14. The van der Waals surface area contributed by atoms with Crippen molar-refractivity contribution in [3.05, 3.63) is 24.0 Å². The standard InChI is InChI=1S/C9H11FN2O3S/c10-6-4-11-9(12-5-6)7-2-1-3-8(7)16(13,14)15/h4-5,7-8H,1-3H2,(H,13,14,15)/t7-,8+/m1/s1. The summed E-state index contributed by atoms with van der Waals surface area (Å²) >= 11 is 0. The summed E-state index contributed by atoms with van der Waals surface area (Å²) in [6.07, 6.45) is 3.68. The van der Waals surface area contributed by atoms with Crippen LogP contribution >= 0.6 is 0 Å². The van der Waals surface area contributed by atoms with Gasteiger partial charge in [-0.1, -0.05) is 6.42 Å². The third kappa shape index (κ3) is 2.19. The molecular formula is C9H11FN2O3S. The topological polar surface area (TPSA) is 80.2 Å². The quantitative estimate of drug-likeness (QED) is 0.791. The number of nitrogens with zero attached hydrogens (tertiary/aromatic N) is 2. The summed E-state index contributed by atoms with van der Waals surface area (Å²) < 4.78 is 43.9. The summed E-state index contributed by atoms with van der Waals surface area (Å²) in [4.78, 5) is 7.52. The van der Waals surface area contributed by atoms with Crippen molar-refractivity contribution in [3.63, 3.8) is 0 Å². The van der Waals surface area contributed by atoms with E-state index in [0.29, 0.717) is 19.3 Å². The van der Waals surface area contributed by atoms with E-state index in [1.54, 1.807) is 0 Å². The molecule has 7 heteroatoms. The van der Waals surface area contributed by atoms with Crippen LogP contribution in [0.3, 0.4) is 0 Å². The Bertz CT molecular complexity index is 474. The Morgan fingerprint density at radius 3 is 2.50 bits per heavy atom. The Kier molecular flexibility index (Phi) is 2.90. The van der Waals surface area contributed by atoms with Gasteiger partial charge in [0.25, 0.3) is 10.1 Å². The van der Waals surface area contributed by atoms with Crippen LogP contribution in [0.4, 0.5) is 4.39 Å². The molecule has 1 aromatic rings. The Hall–Kier alpha value is -1.08. The van der Waals surface area contributed by atoms with E-state index in [9.17, 15) is 12.8 Å². The maximum absolute atomic E-state index is 12.6. The van der Waals surface area contributed by atoms with Gasteiger partial charge in [-0.25, -0.2) is 14.4 Å². The van der Waals surface area contributed by atoms with Gasteiger partial charge >= 0.3 is 0 Å². The highest BCUT2D eigenvalue weighted by atomic mass is 32.2. The van der Waals surface area contributed by atoms with Gasteiger partial charge in [0, 0.05) is 5.92 Å². The molecule has 16 heavy (non-hydrogen) atoms. The van der Waals surface area contributed by atoms with E-state index >= 15 is 0 Å². The Morgan fingerprint density at radius 1 is 1.31 bits per heavy atom. The summed E-state index contributed by atoms with van der Waals surface area (Å²) in [5.74, 6) is -0.720. The van der Waals surface area contributed by atoms with Crippen molar-refractivity contribution >= 4 is 10.1 Å². The summed E-state index contributed by atoms with van der Waals surface area (Å²) in [6, 6.07) is 0. The van der Waals surface area contributed by atoms with Gasteiger partial charge in [0.05, 0.1) is 17.6 Å². The van der Waals surface area contributed by atoms with Crippen LogP contribution in [0.15, 0.2) is 12.4 Å². The molecule has 2 atom stereocenters. The summed E-state index contributed by atoms with van der Waals surface area (Å²) in [5, 5.41) is -0.863. The van der Waals surface area contributed by atoms with Crippen LogP contribution in [0.25, 0.3) is 0 Å². The van der Waals surface area contributed by atoms with Crippen molar-refractivity contribution < 1.29 is 17.4 Å². The van der Waals surface area contributed by atoms with Gasteiger partial charge in [-0.05, 0) is 12.8 Å². The summed E-state index contributed by atoms with van der Waals surface area (Å²) in [7, 11) is -4.08. The molecule has 1 aliphatic rings. The molecule has 1 aliphatic carbocycles. The zero-order valence-electron chi connectivity index (χ0n) is 8.38. The molecule has 0 saturated heterocycles. The molecule has 0 radical (unpaired) electrons. The van der Waals surface area contributed by atoms with E-state index in [1.165, 1.54) is 0 Å². The van der Waals surface area contributed by atoms with Gasteiger partial charge in [0.15, 0.2) is 5.82 Å². The lowest BCUT2D eigenvalue weighted by atomic mass is 10.1. The predicted molar refractivity (Wildman–Crippen MR) is 53.9 cm³/mol. The first kappa shape index (κ1) is 11.4.